The highest BCUT2D eigenvalue weighted by molar-refractivity contribution is 5.95. The Morgan fingerprint density at radius 1 is 1.08 bits per heavy atom. The van der Waals surface area contributed by atoms with Crippen LogP contribution in [0.4, 0.5) is 0 Å². The van der Waals surface area contributed by atoms with Crippen molar-refractivity contribution in [3.8, 4) is 0 Å². The quantitative estimate of drug-likeness (QED) is 0.880. The Labute approximate surface area is 145 Å². The molecule has 2 saturated heterocycles. The number of β-amino-alcohol motifs (C(OH)–C–C–N with tert-alkyl or cyclic N) is 1. The fourth-order valence-electron chi connectivity index (χ4n) is 3.83. The van der Waals surface area contributed by atoms with E-state index in [1.807, 2.05) is 6.07 Å². The lowest BCUT2D eigenvalue weighted by Crippen LogP contribution is -2.58. The van der Waals surface area contributed by atoms with Gasteiger partial charge in [-0.05, 0) is 37.8 Å². The van der Waals surface area contributed by atoms with Crippen molar-refractivity contribution in [2.24, 2.45) is 0 Å². The molecule has 7 nitrogen and oxygen atoms in total. The largest absolute Gasteiger partial charge is 0.378 e. The lowest BCUT2D eigenvalue weighted by Gasteiger charge is -2.39. The summed E-state index contributed by atoms with van der Waals surface area (Å²) in [5, 5.41) is 10.9. The smallest absolute Gasteiger partial charge is 0.256 e. The summed E-state index contributed by atoms with van der Waals surface area (Å²) in [7, 11) is 0. The van der Waals surface area contributed by atoms with Gasteiger partial charge in [0.2, 0.25) is 0 Å². The molecule has 0 aliphatic carbocycles. The van der Waals surface area contributed by atoms with Crippen molar-refractivity contribution in [1.29, 1.82) is 0 Å². The number of carbonyl (C=O) groups excluding carboxylic acids is 2. The zero-order valence-corrected chi connectivity index (χ0v) is 14.1. The number of aromatic nitrogens is 2. The molecule has 0 radical (unpaired) electrons. The SMILES string of the molecule is O=C(c1ccc2cncn2c1)N1CCCC(O)(C(=O)N2CCCC2)C1. The topological polar surface area (TPSA) is 78.1 Å². The van der Waals surface area contributed by atoms with Crippen molar-refractivity contribution in [3.05, 3.63) is 36.4 Å². The van der Waals surface area contributed by atoms with Gasteiger partial charge in [0.1, 0.15) is 0 Å². The highest BCUT2D eigenvalue weighted by Crippen LogP contribution is 2.26. The van der Waals surface area contributed by atoms with Crippen LogP contribution in [0, 0.1) is 0 Å². The maximum Gasteiger partial charge on any atom is 0.256 e. The molecule has 0 bridgehead atoms. The Kier molecular flexibility index (Phi) is 3.95. The second kappa shape index (κ2) is 6.15. The van der Waals surface area contributed by atoms with Crippen molar-refractivity contribution < 1.29 is 14.7 Å². The molecule has 2 aliphatic heterocycles. The van der Waals surface area contributed by atoms with Crippen LogP contribution in [0.2, 0.25) is 0 Å². The lowest BCUT2D eigenvalue weighted by molar-refractivity contribution is -0.154. The van der Waals surface area contributed by atoms with E-state index in [4.69, 9.17) is 0 Å². The summed E-state index contributed by atoms with van der Waals surface area (Å²) in [6, 6.07) is 3.60. The van der Waals surface area contributed by atoms with Gasteiger partial charge in [0.25, 0.3) is 11.8 Å². The van der Waals surface area contributed by atoms with Crippen LogP contribution < -0.4 is 0 Å². The Balaban J connectivity index is 1.53. The molecule has 0 spiro atoms. The molecule has 4 rings (SSSR count). The van der Waals surface area contributed by atoms with E-state index in [-0.39, 0.29) is 18.4 Å². The number of piperidine rings is 1. The average molecular weight is 342 g/mol. The number of carbonyl (C=O) groups is 2. The number of hydrogen-bond acceptors (Lipinski definition) is 4. The van der Waals surface area contributed by atoms with Crippen LogP contribution in [0.3, 0.4) is 0 Å². The van der Waals surface area contributed by atoms with Gasteiger partial charge in [-0.25, -0.2) is 4.98 Å². The molecule has 7 heteroatoms. The molecule has 4 heterocycles. The molecule has 2 aromatic rings. The third kappa shape index (κ3) is 2.89. The number of rotatable bonds is 2. The molecule has 25 heavy (non-hydrogen) atoms. The number of imidazole rings is 1. The van der Waals surface area contributed by atoms with E-state index in [0.717, 1.165) is 18.4 Å². The van der Waals surface area contributed by atoms with Crippen LogP contribution in [-0.4, -0.2) is 67.9 Å². The van der Waals surface area contributed by atoms with Gasteiger partial charge < -0.3 is 19.3 Å². The summed E-state index contributed by atoms with van der Waals surface area (Å²) in [4.78, 5) is 32.9. The summed E-state index contributed by atoms with van der Waals surface area (Å²) in [5.74, 6) is -0.393. The van der Waals surface area contributed by atoms with Crippen LogP contribution in [-0.2, 0) is 4.79 Å². The molecule has 2 aliphatic rings. The average Bonchev–Trinajstić information content (AvgIpc) is 3.31. The van der Waals surface area contributed by atoms with E-state index in [0.29, 0.717) is 38.0 Å². The number of nitrogens with zero attached hydrogens (tertiary/aromatic N) is 4. The van der Waals surface area contributed by atoms with Crippen molar-refractivity contribution in [3.63, 3.8) is 0 Å². The summed E-state index contributed by atoms with van der Waals surface area (Å²) >= 11 is 0. The van der Waals surface area contributed by atoms with Crippen molar-refractivity contribution in [2.75, 3.05) is 26.2 Å². The highest BCUT2D eigenvalue weighted by Gasteiger charge is 2.44. The number of likely N-dealkylation sites (tertiary alicyclic amines) is 2. The van der Waals surface area contributed by atoms with Crippen LogP contribution >= 0.6 is 0 Å². The molecule has 2 aromatic heterocycles. The number of fused-ring (bicyclic) bond motifs is 1. The molecule has 0 saturated carbocycles. The molecule has 132 valence electrons. The highest BCUT2D eigenvalue weighted by atomic mass is 16.3. The minimum absolute atomic E-state index is 0.0587. The van der Waals surface area contributed by atoms with Gasteiger partial charge in [-0.2, -0.15) is 0 Å². The van der Waals surface area contributed by atoms with Gasteiger partial charge in [0.05, 0.1) is 30.1 Å². The van der Waals surface area contributed by atoms with E-state index in [1.54, 1.807) is 39.0 Å². The molecular weight excluding hydrogens is 320 g/mol. The standard InChI is InChI=1S/C18H22N4O3/c23-16(14-4-5-15-10-19-13-22(15)11-14)21-9-3-6-18(25,12-21)17(24)20-7-1-2-8-20/h4-5,10-11,13,25H,1-3,6-9,12H2. The summed E-state index contributed by atoms with van der Waals surface area (Å²) in [6.45, 7) is 2.01. The molecule has 1 N–H and O–H groups in total. The fourth-order valence-corrected chi connectivity index (χ4v) is 3.83. The second-order valence-corrected chi connectivity index (χ2v) is 7.00. The van der Waals surface area contributed by atoms with Gasteiger partial charge in [-0.15, -0.1) is 0 Å². The minimum atomic E-state index is -1.46. The second-order valence-electron chi connectivity index (χ2n) is 7.00. The van der Waals surface area contributed by atoms with Gasteiger partial charge in [0.15, 0.2) is 5.60 Å². The van der Waals surface area contributed by atoms with E-state index in [1.165, 1.54) is 0 Å². The van der Waals surface area contributed by atoms with E-state index in [2.05, 4.69) is 4.98 Å². The zero-order chi connectivity index (χ0) is 17.4. The predicted octanol–water partition coefficient (Wildman–Crippen LogP) is 0.924. The van der Waals surface area contributed by atoms with Crippen molar-refractivity contribution >= 4 is 17.3 Å². The number of pyridine rings is 1. The van der Waals surface area contributed by atoms with Gasteiger partial charge >= 0.3 is 0 Å². The van der Waals surface area contributed by atoms with E-state index in [9.17, 15) is 14.7 Å². The molecule has 1 unspecified atom stereocenters. The number of hydrogen-bond donors (Lipinski definition) is 1. The van der Waals surface area contributed by atoms with Crippen LogP contribution in [0.15, 0.2) is 30.9 Å². The normalized spacial score (nSPS) is 24.0. The van der Waals surface area contributed by atoms with Crippen molar-refractivity contribution in [1.82, 2.24) is 19.2 Å². The first-order chi connectivity index (χ1) is 12.1. The summed E-state index contributed by atoms with van der Waals surface area (Å²) in [5.41, 5.74) is -0.0172. The summed E-state index contributed by atoms with van der Waals surface area (Å²) in [6.07, 6.45) is 8.10. The van der Waals surface area contributed by atoms with E-state index >= 15 is 0 Å². The van der Waals surface area contributed by atoms with E-state index < -0.39 is 5.60 Å². The van der Waals surface area contributed by atoms with Crippen LogP contribution in [0.25, 0.3) is 5.52 Å². The number of aliphatic hydroxyl groups is 1. The van der Waals surface area contributed by atoms with Gasteiger partial charge in [0, 0.05) is 25.8 Å². The first-order valence-electron chi connectivity index (χ1n) is 8.80. The zero-order valence-electron chi connectivity index (χ0n) is 14.1. The Bertz CT molecular complexity index is 812. The van der Waals surface area contributed by atoms with Crippen LogP contribution in [0.5, 0.6) is 0 Å². The first kappa shape index (κ1) is 16.1. The third-order valence-electron chi connectivity index (χ3n) is 5.20. The van der Waals surface area contributed by atoms with Gasteiger partial charge in [-0.1, -0.05) is 0 Å². The molecule has 2 amide bonds. The fraction of sp³-hybridized carbons (Fsp3) is 0.500. The van der Waals surface area contributed by atoms with Crippen molar-refractivity contribution in [2.45, 2.75) is 31.3 Å². The molecular formula is C18H22N4O3. The predicted molar refractivity (Wildman–Crippen MR) is 91.1 cm³/mol. The Morgan fingerprint density at radius 3 is 2.64 bits per heavy atom. The van der Waals surface area contributed by atoms with Gasteiger partial charge in [-0.3, -0.25) is 9.59 Å². The monoisotopic (exact) mass is 342 g/mol. The Morgan fingerprint density at radius 2 is 1.84 bits per heavy atom. The lowest BCUT2D eigenvalue weighted by atomic mass is 9.91. The molecule has 2 fully saturated rings. The first-order valence-corrected chi connectivity index (χ1v) is 8.80. The maximum absolute atomic E-state index is 12.9. The third-order valence-corrected chi connectivity index (χ3v) is 5.20. The Hall–Kier alpha value is -2.41. The minimum Gasteiger partial charge on any atom is -0.378 e. The molecule has 0 aromatic carbocycles. The van der Waals surface area contributed by atoms with Crippen LogP contribution in [0.1, 0.15) is 36.0 Å². The maximum atomic E-state index is 12.9. The number of amides is 2. The summed E-state index contributed by atoms with van der Waals surface area (Å²) < 4.78 is 1.79. The molecule has 1 atom stereocenters.